The Bertz CT molecular complexity index is 294. The number of nitrogens with zero attached hydrogens (tertiary/aromatic N) is 1. The summed E-state index contributed by atoms with van der Waals surface area (Å²) in [4.78, 5) is 3.90. The molecule has 0 saturated carbocycles. The molecule has 1 atom stereocenters. The summed E-state index contributed by atoms with van der Waals surface area (Å²) in [5.74, 6) is 0. The van der Waals surface area contributed by atoms with E-state index in [0.29, 0.717) is 18.4 Å². The summed E-state index contributed by atoms with van der Waals surface area (Å²) in [5.41, 5.74) is 1.03. The Morgan fingerprint density at radius 2 is 2.33 bits per heavy atom. The second-order valence-corrected chi connectivity index (χ2v) is 3.66. The van der Waals surface area contributed by atoms with Gasteiger partial charge in [0.05, 0.1) is 19.3 Å². The summed E-state index contributed by atoms with van der Waals surface area (Å²) in [6.07, 6.45) is 1.77. The molecule has 0 radical (unpaired) electrons. The standard InChI is InChI=1S/C11H16ClNO2/c1-3-14-7-9(2)15-8-10-4-5-13-11(12)6-10/h4-6,9H,3,7-8H2,1-2H3. The normalized spacial score (nSPS) is 12.7. The zero-order chi connectivity index (χ0) is 11.1. The molecule has 0 saturated heterocycles. The first-order valence-electron chi connectivity index (χ1n) is 5.02. The number of pyridine rings is 1. The summed E-state index contributed by atoms with van der Waals surface area (Å²) in [6.45, 7) is 5.83. The van der Waals surface area contributed by atoms with E-state index in [-0.39, 0.29) is 6.10 Å². The van der Waals surface area contributed by atoms with Crippen molar-refractivity contribution in [3.63, 3.8) is 0 Å². The Labute approximate surface area is 95.4 Å². The van der Waals surface area contributed by atoms with Gasteiger partial charge < -0.3 is 9.47 Å². The minimum Gasteiger partial charge on any atom is -0.379 e. The molecule has 0 aliphatic heterocycles. The van der Waals surface area contributed by atoms with Crippen LogP contribution < -0.4 is 0 Å². The topological polar surface area (TPSA) is 31.4 Å². The van der Waals surface area contributed by atoms with Crippen LogP contribution in [-0.2, 0) is 16.1 Å². The van der Waals surface area contributed by atoms with E-state index in [9.17, 15) is 0 Å². The van der Waals surface area contributed by atoms with E-state index in [2.05, 4.69) is 4.98 Å². The van der Waals surface area contributed by atoms with E-state index < -0.39 is 0 Å². The fraction of sp³-hybridized carbons (Fsp3) is 0.545. The van der Waals surface area contributed by atoms with Crippen LogP contribution >= 0.6 is 11.6 Å². The van der Waals surface area contributed by atoms with E-state index in [4.69, 9.17) is 21.1 Å². The fourth-order valence-electron chi connectivity index (χ4n) is 1.10. The van der Waals surface area contributed by atoms with Gasteiger partial charge in [0.1, 0.15) is 5.15 Å². The molecule has 0 N–H and O–H groups in total. The van der Waals surface area contributed by atoms with E-state index in [1.54, 1.807) is 12.3 Å². The Hall–Kier alpha value is -0.640. The lowest BCUT2D eigenvalue weighted by atomic mass is 10.3. The van der Waals surface area contributed by atoms with Gasteiger partial charge in [-0.25, -0.2) is 4.98 Å². The first-order chi connectivity index (χ1) is 7.22. The summed E-state index contributed by atoms with van der Waals surface area (Å²) in [5, 5.41) is 0.494. The molecule has 1 rings (SSSR count). The molecule has 0 amide bonds. The first-order valence-corrected chi connectivity index (χ1v) is 5.40. The van der Waals surface area contributed by atoms with Crippen LogP contribution in [0.15, 0.2) is 18.3 Å². The van der Waals surface area contributed by atoms with Crippen LogP contribution in [0.1, 0.15) is 19.4 Å². The third kappa shape index (κ3) is 5.11. The molecule has 0 spiro atoms. The van der Waals surface area contributed by atoms with Crippen molar-refractivity contribution in [3.8, 4) is 0 Å². The largest absolute Gasteiger partial charge is 0.379 e. The molecule has 4 heteroatoms. The molecule has 84 valence electrons. The number of rotatable bonds is 6. The molecule has 0 bridgehead atoms. The van der Waals surface area contributed by atoms with Crippen molar-refractivity contribution in [3.05, 3.63) is 29.0 Å². The van der Waals surface area contributed by atoms with Gasteiger partial charge in [-0.05, 0) is 31.5 Å². The van der Waals surface area contributed by atoms with Gasteiger partial charge in [0, 0.05) is 12.8 Å². The second kappa shape index (κ2) is 6.77. The highest BCUT2D eigenvalue weighted by atomic mass is 35.5. The third-order valence-electron chi connectivity index (χ3n) is 1.88. The minimum absolute atomic E-state index is 0.0943. The van der Waals surface area contributed by atoms with Gasteiger partial charge in [0.2, 0.25) is 0 Å². The highest BCUT2D eigenvalue weighted by molar-refractivity contribution is 6.29. The first kappa shape index (κ1) is 12.4. The van der Waals surface area contributed by atoms with Gasteiger partial charge in [0.25, 0.3) is 0 Å². The molecule has 1 heterocycles. The Balaban J connectivity index is 2.30. The minimum atomic E-state index is 0.0943. The smallest absolute Gasteiger partial charge is 0.129 e. The molecule has 0 aliphatic rings. The average Bonchev–Trinajstić information content (AvgIpc) is 2.23. The number of ether oxygens (including phenoxy) is 2. The SMILES string of the molecule is CCOCC(C)OCc1ccnc(Cl)c1. The van der Waals surface area contributed by atoms with Crippen LogP contribution in [0.25, 0.3) is 0 Å². The predicted octanol–water partition coefficient (Wildman–Crippen LogP) is 2.68. The van der Waals surface area contributed by atoms with E-state index in [1.165, 1.54) is 0 Å². The quantitative estimate of drug-likeness (QED) is 0.703. The Morgan fingerprint density at radius 1 is 1.53 bits per heavy atom. The molecule has 15 heavy (non-hydrogen) atoms. The van der Waals surface area contributed by atoms with Crippen molar-refractivity contribution >= 4 is 11.6 Å². The molecule has 0 aliphatic carbocycles. The summed E-state index contributed by atoms with van der Waals surface area (Å²) < 4.78 is 10.8. The van der Waals surface area contributed by atoms with Crippen LogP contribution in [0, 0.1) is 0 Å². The molecule has 3 nitrogen and oxygen atoms in total. The zero-order valence-corrected chi connectivity index (χ0v) is 9.83. The lowest BCUT2D eigenvalue weighted by Crippen LogP contribution is -2.15. The van der Waals surface area contributed by atoms with Crippen molar-refractivity contribution in [2.45, 2.75) is 26.6 Å². The van der Waals surface area contributed by atoms with Crippen LogP contribution in [0.2, 0.25) is 5.15 Å². The van der Waals surface area contributed by atoms with Gasteiger partial charge in [-0.3, -0.25) is 0 Å². The fourth-order valence-corrected chi connectivity index (χ4v) is 1.30. The van der Waals surface area contributed by atoms with Crippen molar-refractivity contribution in [1.29, 1.82) is 0 Å². The number of aromatic nitrogens is 1. The van der Waals surface area contributed by atoms with Crippen molar-refractivity contribution < 1.29 is 9.47 Å². The van der Waals surface area contributed by atoms with Gasteiger partial charge in [0.15, 0.2) is 0 Å². The molecule has 1 aromatic heterocycles. The molecular formula is C11H16ClNO2. The molecule has 1 aromatic rings. The van der Waals surface area contributed by atoms with Gasteiger partial charge in [-0.15, -0.1) is 0 Å². The molecular weight excluding hydrogens is 214 g/mol. The zero-order valence-electron chi connectivity index (χ0n) is 9.07. The lowest BCUT2D eigenvalue weighted by molar-refractivity contribution is -0.0116. The monoisotopic (exact) mass is 229 g/mol. The third-order valence-corrected chi connectivity index (χ3v) is 2.09. The van der Waals surface area contributed by atoms with Crippen LogP contribution in [0.3, 0.4) is 0 Å². The van der Waals surface area contributed by atoms with Crippen molar-refractivity contribution in [2.75, 3.05) is 13.2 Å². The number of halogens is 1. The van der Waals surface area contributed by atoms with Crippen molar-refractivity contribution in [2.24, 2.45) is 0 Å². The van der Waals surface area contributed by atoms with E-state index >= 15 is 0 Å². The van der Waals surface area contributed by atoms with E-state index in [1.807, 2.05) is 19.9 Å². The van der Waals surface area contributed by atoms with Crippen LogP contribution in [0.4, 0.5) is 0 Å². The maximum absolute atomic E-state index is 5.75. The van der Waals surface area contributed by atoms with Gasteiger partial charge >= 0.3 is 0 Å². The predicted molar refractivity (Wildman–Crippen MR) is 60.0 cm³/mol. The average molecular weight is 230 g/mol. The Kier molecular flexibility index (Phi) is 5.61. The van der Waals surface area contributed by atoms with Crippen LogP contribution in [-0.4, -0.2) is 24.3 Å². The summed E-state index contributed by atoms with van der Waals surface area (Å²) in [7, 11) is 0. The summed E-state index contributed by atoms with van der Waals surface area (Å²) >= 11 is 5.75. The van der Waals surface area contributed by atoms with Crippen molar-refractivity contribution in [1.82, 2.24) is 4.98 Å². The number of hydrogen-bond donors (Lipinski definition) is 0. The molecule has 0 fully saturated rings. The van der Waals surface area contributed by atoms with Gasteiger partial charge in [-0.1, -0.05) is 11.6 Å². The van der Waals surface area contributed by atoms with Crippen LogP contribution in [0.5, 0.6) is 0 Å². The number of hydrogen-bond acceptors (Lipinski definition) is 3. The Morgan fingerprint density at radius 3 is 3.00 bits per heavy atom. The maximum atomic E-state index is 5.75. The second-order valence-electron chi connectivity index (χ2n) is 3.27. The van der Waals surface area contributed by atoms with Gasteiger partial charge in [-0.2, -0.15) is 0 Å². The van der Waals surface area contributed by atoms with E-state index in [0.717, 1.165) is 12.2 Å². The highest BCUT2D eigenvalue weighted by Gasteiger charge is 2.02. The lowest BCUT2D eigenvalue weighted by Gasteiger charge is -2.12. The maximum Gasteiger partial charge on any atom is 0.129 e. The molecule has 1 unspecified atom stereocenters. The summed E-state index contributed by atoms with van der Waals surface area (Å²) in [6, 6.07) is 3.69. The molecule has 0 aromatic carbocycles. The highest BCUT2D eigenvalue weighted by Crippen LogP contribution is 2.09.